The summed E-state index contributed by atoms with van der Waals surface area (Å²) in [6.07, 6.45) is 1.16. The SMILES string of the molecule is CNC(CC(C)C(C)(C)C)c1cccc2ccccc12. The maximum Gasteiger partial charge on any atom is 0.0326 e. The lowest BCUT2D eigenvalue weighted by molar-refractivity contribution is 0.226. The quantitative estimate of drug-likeness (QED) is 0.807. The van der Waals surface area contributed by atoms with Crippen molar-refractivity contribution in [3.05, 3.63) is 48.0 Å². The minimum Gasteiger partial charge on any atom is -0.313 e. The average molecular weight is 269 g/mol. The Labute approximate surface area is 123 Å². The Hall–Kier alpha value is -1.34. The van der Waals surface area contributed by atoms with Gasteiger partial charge >= 0.3 is 0 Å². The molecule has 108 valence electrons. The Balaban J connectivity index is 2.35. The fraction of sp³-hybridized carbons (Fsp3) is 0.474. The maximum absolute atomic E-state index is 3.51. The second-order valence-corrected chi connectivity index (χ2v) is 6.91. The molecule has 20 heavy (non-hydrogen) atoms. The molecule has 0 spiro atoms. The molecular weight excluding hydrogens is 242 g/mol. The van der Waals surface area contributed by atoms with Crippen molar-refractivity contribution in [2.24, 2.45) is 11.3 Å². The van der Waals surface area contributed by atoms with Crippen LogP contribution in [0.2, 0.25) is 0 Å². The number of benzene rings is 2. The summed E-state index contributed by atoms with van der Waals surface area (Å²) in [7, 11) is 2.07. The zero-order valence-corrected chi connectivity index (χ0v) is 13.4. The fourth-order valence-corrected chi connectivity index (χ4v) is 2.66. The predicted octanol–water partition coefficient (Wildman–Crippen LogP) is 5.17. The smallest absolute Gasteiger partial charge is 0.0326 e. The Morgan fingerprint density at radius 2 is 1.65 bits per heavy atom. The normalized spacial score (nSPS) is 15.2. The summed E-state index contributed by atoms with van der Waals surface area (Å²) in [6, 6.07) is 15.7. The highest BCUT2D eigenvalue weighted by Crippen LogP contribution is 2.35. The maximum atomic E-state index is 3.51. The van der Waals surface area contributed by atoms with Crippen LogP contribution >= 0.6 is 0 Å². The summed E-state index contributed by atoms with van der Waals surface area (Å²) >= 11 is 0. The van der Waals surface area contributed by atoms with E-state index in [1.54, 1.807) is 0 Å². The van der Waals surface area contributed by atoms with Crippen LogP contribution < -0.4 is 5.32 Å². The summed E-state index contributed by atoms with van der Waals surface area (Å²) < 4.78 is 0. The topological polar surface area (TPSA) is 12.0 Å². The van der Waals surface area contributed by atoms with Gasteiger partial charge in [0.05, 0.1) is 0 Å². The first-order chi connectivity index (χ1) is 9.43. The van der Waals surface area contributed by atoms with Crippen molar-refractivity contribution >= 4 is 10.8 Å². The van der Waals surface area contributed by atoms with Crippen LogP contribution in [0.3, 0.4) is 0 Å². The third kappa shape index (κ3) is 3.21. The van der Waals surface area contributed by atoms with Crippen LogP contribution in [0.1, 0.15) is 45.7 Å². The summed E-state index contributed by atoms with van der Waals surface area (Å²) in [5.74, 6) is 0.666. The zero-order valence-electron chi connectivity index (χ0n) is 13.4. The van der Waals surface area contributed by atoms with E-state index in [0.717, 1.165) is 6.42 Å². The molecule has 0 saturated heterocycles. The Bertz CT molecular complexity index is 560. The standard InChI is InChI=1S/C19H27N/c1-14(19(2,3)4)13-18(20-5)17-12-8-10-15-9-6-7-11-16(15)17/h6-12,14,18,20H,13H2,1-5H3. The van der Waals surface area contributed by atoms with Crippen molar-refractivity contribution < 1.29 is 0 Å². The molecule has 2 atom stereocenters. The van der Waals surface area contributed by atoms with Crippen LogP contribution in [0.5, 0.6) is 0 Å². The van der Waals surface area contributed by atoms with E-state index >= 15 is 0 Å². The van der Waals surface area contributed by atoms with Gasteiger partial charge in [-0.1, -0.05) is 70.2 Å². The lowest BCUT2D eigenvalue weighted by Crippen LogP contribution is -2.25. The van der Waals surface area contributed by atoms with E-state index in [9.17, 15) is 0 Å². The van der Waals surface area contributed by atoms with E-state index in [2.05, 4.69) is 82.5 Å². The van der Waals surface area contributed by atoms with Crippen molar-refractivity contribution in [3.63, 3.8) is 0 Å². The minimum atomic E-state index is 0.347. The lowest BCUT2D eigenvalue weighted by Gasteiger charge is -2.31. The van der Waals surface area contributed by atoms with Gasteiger partial charge in [0, 0.05) is 6.04 Å². The van der Waals surface area contributed by atoms with Gasteiger partial charge in [0.15, 0.2) is 0 Å². The molecule has 0 aliphatic heterocycles. The molecule has 2 aromatic carbocycles. The molecule has 2 aromatic rings. The molecule has 0 saturated carbocycles. The Kier molecular flexibility index (Phi) is 4.49. The molecule has 0 amide bonds. The molecule has 1 heteroatoms. The van der Waals surface area contributed by atoms with Gasteiger partial charge in [0.25, 0.3) is 0 Å². The van der Waals surface area contributed by atoms with E-state index < -0.39 is 0 Å². The molecule has 0 aliphatic rings. The molecule has 0 aromatic heterocycles. The highest BCUT2D eigenvalue weighted by molar-refractivity contribution is 5.86. The molecule has 1 nitrogen and oxygen atoms in total. The van der Waals surface area contributed by atoms with E-state index in [0.29, 0.717) is 17.4 Å². The molecule has 0 fully saturated rings. The van der Waals surface area contributed by atoms with Gasteiger partial charge in [-0.2, -0.15) is 0 Å². The largest absolute Gasteiger partial charge is 0.313 e. The van der Waals surface area contributed by atoms with Crippen molar-refractivity contribution in [2.75, 3.05) is 7.05 Å². The Morgan fingerprint density at radius 1 is 1.00 bits per heavy atom. The third-order valence-electron chi connectivity index (χ3n) is 4.61. The highest BCUT2D eigenvalue weighted by atomic mass is 14.9. The first-order valence-electron chi connectivity index (χ1n) is 7.58. The van der Waals surface area contributed by atoms with E-state index in [1.807, 2.05) is 0 Å². The molecule has 0 radical (unpaired) electrons. The molecular formula is C19H27N. The van der Waals surface area contributed by atoms with Crippen LogP contribution in [0.15, 0.2) is 42.5 Å². The molecule has 0 bridgehead atoms. The molecule has 0 aliphatic carbocycles. The molecule has 2 unspecified atom stereocenters. The average Bonchev–Trinajstić information content (AvgIpc) is 2.43. The van der Waals surface area contributed by atoms with Crippen LogP contribution in [-0.4, -0.2) is 7.05 Å². The minimum absolute atomic E-state index is 0.347. The van der Waals surface area contributed by atoms with E-state index in [-0.39, 0.29) is 0 Å². The van der Waals surface area contributed by atoms with Crippen molar-refractivity contribution in [1.29, 1.82) is 0 Å². The first-order valence-corrected chi connectivity index (χ1v) is 7.58. The highest BCUT2D eigenvalue weighted by Gasteiger charge is 2.24. The van der Waals surface area contributed by atoms with Gasteiger partial charge in [0.1, 0.15) is 0 Å². The second kappa shape index (κ2) is 5.97. The van der Waals surface area contributed by atoms with E-state index in [4.69, 9.17) is 0 Å². The van der Waals surface area contributed by atoms with Crippen LogP contribution in [0.25, 0.3) is 10.8 Å². The van der Waals surface area contributed by atoms with Gasteiger partial charge in [0.2, 0.25) is 0 Å². The monoisotopic (exact) mass is 269 g/mol. The summed E-state index contributed by atoms with van der Waals surface area (Å²) in [5, 5.41) is 6.21. The molecule has 2 rings (SSSR count). The number of nitrogens with one attached hydrogen (secondary N) is 1. The van der Waals surface area contributed by atoms with Crippen molar-refractivity contribution in [3.8, 4) is 0 Å². The first kappa shape index (κ1) is 15.1. The third-order valence-corrected chi connectivity index (χ3v) is 4.61. The molecule has 1 N–H and O–H groups in total. The number of hydrogen-bond acceptors (Lipinski definition) is 1. The van der Waals surface area contributed by atoms with Gasteiger partial charge in [-0.3, -0.25) is 0 Å². The van der Waals surface area contributed by atoms with Gasteiger partial charge < -0.3 is 5.32 Å². The fourth-order valence-electron chi connectivity index (χ4n) is 2.66. The number of hydrogen-bond donors (Lipinski definition) is 1. The van der Waals surface area contributed by atoms with Crippen LogP contribution in [-0.2, 0) is 0 Å². The van der Waals surface area contributed by atoms with Crippen LogP contribution in [0.4, 0.5) is 0 Å². The summed E-state index contributed by atoms with van der Waals surface area (Å²) in [4.78, 5) is 0. The van der Waals surface area contributed by atoms with E-state index in [1.165, 1.54) is 16.3 Å². The Morgan fingerprint density at radius 3 is 2.30 bits per heavy atom. The van der Waals surface area contributed by atoms with Crippen LogP contribution in [0, 0.1) is 11.3 Å². The van der Waals surface area contributed by atoms with Crippen molar-refractivity contribution in [1.82, 2.24) is 5.32 Å². The predicted molar refractivity (Wildman–Crippen MR) is 89.0 cm³/mol. The number of rotatable bonds is 4. The zero-order chi connectivity index (χ0) is 14.8. The van der Waals surface area contributed by atoms with Gasteiger partial charge in [-0.25, -0.2) is 0 Å². The molecule has 0 heterocycles. The number of fused-ring (bicyclic) bond motifs is 1. The van der Waals surface area contributed by atoms with Gasteiger partial charge in [-0.15, -0.1) is 0 Å². The summed E-state index contributed by atoms with van der Waals surface area (Å²) in [5.41, 5.74) is 1.77. The second-order valence-electron chi connectivity index (χ2n) is 6.91. The van der Waals surface area contributed by atoms with Crippen molar-refractivity contribution in [2.45, 2.75) is 40.2 Å². The van der Waals surface area contributed by atoms with Gasteiger partial charge in [-0.05, 0) is 41.1 Å². The lowest BCUT2D eigenvalue weighted by atomic mass is 9.77. The summed E-state index contributed by atoms with van der Waals surface area (Å²) in [6.45, 7) is 9.34.